The third-order valence-corrected chi connectivity index (χ3v) is 4.75. The molecule has 0 saturated carbocycles. The number of nitrogens with one attached hydrogen (secondary N) is 1. The quantitative estimate of drug-likeness (QED) is 0.546. The zero-order chi connectivity index (χ0) is 18.8. The maximum Gasteiger partial charge on any atom is 0.312 e. The molecule has 0 fully saturated rings. The van der Waals surface area contributed by atoms with Gasteiger partial charge in [0.1, 0.15) is 17.9 Å². The van der Waals surface area contributed by atoms with Gasteiger partial charge in [-0.2, -0.15) is 5.10 Å². The monoisotopic (exact) mass is 371 g/mol. The SMILES string of the molecule is Cc1ccccc1-c1csc(NC(=O)Cn2nc(C)c([N+](=O)[O-])c2C)n1. The number of aromatic nitrogens is 3. The smallest absolute Gasteiger partial charge is 0.300 e. The molecule has 134 valence electrons. The molecule has 2 heterocycles. The molecule has 0 spiro atoms. The van der Waals surface area contributed by atoms with Gasteiger partial charge in [-0.25, -0.2) is 4.98 Å². The molecular weight excluding hydrogens is 354 g/mol. The molecule has 0 bridgehead atoms. The molecule has 1 aromatic carbocycles. The maximum atomic E-state index is 12.3. The average molecular weight is 371 g/mol. The van der Waals surface area contributed by atoms with Crippen LogP contribution < -0.4 is 5.32 Å². The lowest BCUT2D eigenvalue weighted by molar-refractivity contribution is -0.386. The fraction of sp³-hybridized carbons (Fsp3) is 0.235. The summed E-state index contributed by atoms with van der Waals surface area (Å²) in [5.74, 6) is -0.337. The molecule has 9 heteroatoms. The molecule has 1 amide bonds. The van der Waals surface area contributed by atoms with Crippen LogP contribution in [0.2, 0.25) is 0 Å². The van der Waals surface area contributed by atoms with E-state index < -0.39 is 4.92 Å². The summed E-state index contributed by atoms with van der Waals surface area (Å²) in [5.41, 5.74) is 3.49. The van der Waals surface area contributed by atoms with Crippen LogP contribution in [0.4, 0.5) is 10.8 Å². The number of thiazole rings is 1. The van der Waals surface area contributed by atoms with Crippen molar-refractivity contribution >= 4 is 28.1 Å². The van der Waals surface area contributed by atoms with Gasteiger partial charge < -0.3 is 5.32 Å². The number of carbonyl (C=O) groups is 1. The van der Waals surface area contributed by atoms with Crippen LogP contribution >= 0.6 is 11.3 Å². The molecule has 0 aliphatic rings. The summed E-state index contributed by atoms with van der Waals surface area (Å²) < 4.78 is 1.33. The van der Waals surface area contributed by atoms with Gasteiger partial charge >= 0.3 is 5.69 Å². The fourth-order valence-corrected chi connectivity index (χ4v) is 3.44. The number of hydrogen-bond acceptors (Lipinski definition) is 6. The second kappa shape index (κ2) is 7.04. The van der Waals surface area contributed by atoms with Crippen LogP contribution in [0, 0.1) is 30.9 Å². The van der Waals surface area contributed by atoms with Crippen molar-refractivity contribution in [1.82, 2.24) is 14.8 Å². The molecule has 3 aromatic rings. The maximum absolute atomic E-state index is 12.3. The Morgan fingerprint density at radius 1 is 1.31 bits per heavy atom. The van der Waals surface area contributed by atoms with Crippen LogP contribution in [0.25, 0.3) is 11.3 Å². The van der Waals surface area contributed by atoms with E-state index >= 15 is 0 Å². The standard InChI is InChI=1S/C17H17N5O3S/c1-10-6-4-5-7-13(10)14-9-26-17(18-14)19-15(23)8-21-12(3)16(22(24)25)11(2)20-21/h4-7,9H,8H2,1-3H3,(H,18,19,23). The summed E-state index contributed by atoms with van der Waals surface area (Å²) in [6.45, 7) is 5.02. The normalized spacial score (nSPS) is 10.7. The van der Waals surface area contributed by atoms with Gasteiger partial charge in [-0.3, -0.25) is 19.6 Å². The van der Waals surface area contributed by atoms with Crippen molar-refractivity contribution in [2.45, 2.75) is 27.3 Å². The highest BCUT2D eigenvalue weighted by molar-refractivity contribution is 7.14. The lowest BCUT2D eigenvalue weighted by atomic mass is 10.1. The number of nitro groups is 1. The van der Waals surface area contributed by atoms with E-state index in [0.29, 0.717) is 10.8 Å². The van der Waals surface area contributed by atoms with Crippen LogP contribution in [0.5, 0.6) is 0 Å². The van der Waals surface area contributed by atoms with Crippen molar-refractivity contribution in [3.05, 3.63) is 56.7 Å². The zero-order valence-electron chi connectivity index (χ0n) is 14.5. The highest BCUT2D eigenvalue weighted by Gasteiger charge is 2.23. The summed E-state index contributed by atoms with van der Waals surface area (Å²) in [4.78, 5) is 27.3. The number of carbonyl (C=O) groups excluding carboxylic acids is 1. The topological polar surface area (TPSA) is 103 Å². The molecule has 2 aromatic heterocycles. The number of aryl methyl sites for hydroxylation is 2. The molecule has 26 heavy (non-hydrogen) atoms. The van der Waals surface area contributed by atoms with Crippen molar-refractivity contribution in [1.29, 1.82) is 0 Å². The lowest BCUT2D eigenvalue weighted by Gasteiger charge is -2.04. The minimum Gasteiger partial charge on any atom is -0.300 e. The Kier molecular flexibility index (Phi) is 4.81. The molecule has 0 atom stereocenters. The van der Waals surface area contributed by atoms with Gasteiger partial charge in [0.25, 0.3) is 0 Å². The van der Waals surface area contributed by atoms with E-state index in [2.05, 4.69) is 15.4 Å². The second-order valence-electron chi connectivity index (χ2n) is 5.84. The first-order valence-electron chi connectivity index (χ1n) is 7.86. The van der Waals surface area contributed by atoms with Gasteiger partial charge in [0, 0.05) is 10.9 Å². The molecular formula is C17H17N5O3S. The van der Waals surface area contributed by atoms with E-state index in [9.17, 15) is 14.9 Å². The van der Waals surface area contributed by atoms with Gasteiger partial charge in [-0.15, -0.1) is 11.3 Å². The molecule has 8 nitrogen and oxygen atoms in total. The summed E-state index contributed by atoms with van der Waals surface area (Å²) in [6.07, 6.45) is 0. The third kappa shape index (κ3) is 3.47. The first-order valence-corrected chi connectivity index (χ1v) is 8.74. The second-order valence-corrected chi connectivity index (χ2v) is 6.69. The molecule has 1 N–H and O–H groups in total. The van der Waals surface area contributed by atoms with Crippen molar-refractivity contribution in [2.24, 2.45) is 0 Å². The average Bonchev–Trinajstić information content (AvgIpc) is 3.12. The molecule has 0 saturated heterocycles. The molecule has 3 rings (SSSR count). The van der Waals surface area contributed by atoms with Crippen LogP contribution in [0.3, 0.4) is 0 Å². The third-order valence-electron chi connectivity index (χ3n) is 3.99. The van der Waals surface area contributed by atoms with E-state index in [1.807, 2.05) is 36.6 Å². The number of anilines is 1. The molecule has 0 unspecified atom stereocenters. The minimum atomic E-state index is -0.485. The van der Waals surface area contributed by atoms with Crippen LogP contribution in [-0.2, 0) is 11.3 Å². The Morgan fingerprint density at radius 2 is 2.04 bits per heavy atom. The van der Waals surface area contributed by atoms with Crippen LogP contribution in [0.1, 0.15) is 17.0 Å². The molecule has 0 radical (unpaired) electrons. The Labute approximate surface area is 153 Å². The summed E-state index contributed by atoms with van der Waals surface area (Å²) >= 11 is 1.33. The fourth-order valence-electron chi connectivity index (χ4n) is 2.72. The Morgan fingerprint density at radius 3 is 2.69 bits per heavy atom. The van der Waals surface area contributed by atoms with E-state index in [-0.39, 0.29) is 23.8 Å². The Bertz CT molecular complexity index is 992. The first kappa shape index (κ1) is 17.7. The van der Waals surface area contributed by atoms with Gasteiger partial charge in [0.2, 0.25) is 5.91 Å². The number of rotatable bonds is 5. The first-order chi connectivity index (χ1) is 12.4. The Hall–Kier alpha value is -3.07. The van der Waals surface area contributed by atoms with Crippen molar-refractivity contribution in [3.63, 3.8) is 0 Å². The predicted molar refractivity (Wildman–Crippen MR) is 99.3 cm³/mol. The van der Waals surface area contributed by atoms with Crippen molar-refractivity contribution < 1.29 is 9.72 Å². The Balaban J connectivity index is 1.73. The van der Waals surface area contributed by atoms with E-state index in [0.717, 1.165) is 16.8 Å². The summed E-state index contributed by atoms with van der Waals surface area (Å²) in [7, 11) is 0. The van der Waals surface area contributed by atoms with Gasteiger partial charge in [0.15, 0.2) is 5.13 Å². The van der Waals surface area contributed by atoms with Gasteiger partial charge in [-0.05, 0) is 26.3 Å². The summed E-state index contributed by atoms with van der Waals surface area (Å²) in [5, 5.41) is 20.2. The minimum absolute atomic E-state index is 0.0612. The van der Waals surface area contributed by atoms with Crippen LogP contribution in [-0.4, -0.2) is 25.6 Å². The zero-order valence-corrected chi connectivity index (χ0v) is 15.3. The number of nitrogens with zero attached hydrogens (tertiary/aromatic N) is 4. The highest BCUT2D eigenvalue weighted by Crippen LogP contribution is 2.27. The van der Waals surface area contributed by atoms with Crippen molar-refractivity contribution in [3.8, 4) is 11.3 Å². The van der Waals surface area contributed by atoms with Gasteiger partial charge in [-0.1, -0.05) is 24.3 Å². The predicted octanol–water partition coefficient (Wildman–Crippen LogP) is 3.48. The van der Waals surface area contributed by atoms with E-state index in [1.165, 1.54) is 16.0 Å². The highest BCUT2D eigenvalue weighted by atomic mass is 32.1. The number of benzene rings is 1. The number of hydrogen-bond donors (Lipinski definition) is 1. The summed E-state index contributed by atoms with van der Waals surface area (Å²) in [6, 6.07) is 7.88. The van der Waals surface area contributed by atoms with Gasteiger partial charge in [0.05, 0.1) is 10.6 Å². The van der Waals surface area contributed by atoms with E-state index in [1.54, 1.807) is 13.8 Å². The van der Waals surface area contributed by atoms with Crippen LogP contribution in [0.15, 0.2) is 29.6 Å². The molecule has 0 aliphatic heterocycles. The van der Waals surface area contributed by atoms with E-state index in [4.69, 9.17) is 0 Å². The number of amides is 1. The van der Waals surface area contributed by atoms with Crippen molar-refractivity contribution in [2.75, 3.05) is 5.32 Å². The molecule has 0 aliphatic carbocycles. The largest absolute Gasteiger partial charge is 0.312 e. The lowest BCUT2D eigenvalue weighted by Crippen LogP contribution is -2.20.